The van der Waals surface area contributed by atoms with Gasteiger partial charge in [-0.3, -0.25) is 4.79 Å². The molecule has 0 spiro atoms. The van der Waals surface area contributed by atoms with Gasteiger partial charge in [-0.15, -0.1) is 0 Å². The zero-order valence-corrected chi connectivity index (χ0v) is 15.5. The van der Waals surface area contributed by atoms with Crippen molar-refractivity contribution in [3.8, 4) is 11.6 Å². The molecule has 0 unspecified atom stereocenters. The van der Waals surface area contributed by atoms with Crippen LogP contribution in [0.5, 0.6) is 11.6 Å². The molecule has 0 saturated heterocycles. The van der Waals surface area contributed by atoms with Crippen LogP contribution in [-0.2, 0) is 13.2 Å². The zero-order chi connectivity index (χ0) is 19.2. The highest BCUT2D eigenvalue weighted by atomic mass is 16.5. The number of hydrogen-bond acceptors (Lipinski definition) is 6. The molecule has 140 valence electrons. The van der Waals surface area contributed by atoms with Gasteiger partial charge in [-0.1, -0.05) is 11.2 Å². The number of hydrogen-bond donors (Lipinski definition) is 1. The molecule has 7 nitrogen and oxygen atoms in total. The summed E-state index contributed by atoms with van der Waals surface area (Å²) in [4.78, 5) is 16.4. The van der Waals surface area contributed by atoms with Gasteiger partial charge in [0.25, 0.3) is 5.91 Å². The number of nitrogens with zero attached hydrogens (tertiary/aromatic N) is 2. The van der Waals surface area contributed by atoms with Gasteiger partial charge in [-0.25, -0.2) is 4.98 Å². The molecule has 0 aliphatic heterocycles. The highest BCUT2D eigenvalue weighted by Gasteiger charge is 2.10. The molecule has 27 heavy (non-hydrogen) atoms. The lowest BCUT2D eigenvalue weighted by Crippen LogP contribution is -2.22. The minimum atomic E-state index is -0.164. The van der Waals surface area contributed by atoms with Crippen molar-refractivity contribution in [2.75, 3.05) is 7.11 Å². The number of aromatic nitrogens is 2. The predicted molar refractivity (Wildman–Crippen MR) is 98.7 cm³/mol. The smallest absolute Gasteiger partial charge is 0.251 e. The van der Waals surface area contributed by atoms with Crippen LogP contribution in [0.25, 0.3) is 0 Å². The Morgan fingerprint density at radius 1 is 1.15 bits per heavy atom. The fourth-order valence-electron chi connectivity index (χ4n) is 2.49. The maximum atomic E-state index is 12.3. The second-order valence-corrected chi connectivity index (χ2v) is 6.01. The second-order valence-electron chi connectivity index (χ2n) is 6.01. The zero-order valence-electron chi connectivity index (χ0n) is 15.5. The van der Waals surface area contributed by atoms with Gasteiger partial charge in [0.1, 0.15) is 18.1 Å². The molecule has 7 heteroatoms. The van der Waals surface area contributed by atoms with E-state index in [9.17, 15) is 4.79 Å². The molecule has 1 amide bonds. The van der Waals surface area contributed by atoms with E-state index in [-0.39, 0.29) is 5.91 Å². The number of nitrogens with one attached hydrogen (secondary N) is 1. The van der Waals surface area contributed by atoms with Crippen molar-refractivity contribution in [2.24, 2.45) is 0 Å². The van der Waals surface area contributed by atoms with Crippen molar-refractivity contribution in [3.05, 3.63) is 70.7 Å². The Labute approximate surface area is 157 Å². The van der Waals surface area contributed by atoms with Crippen molar-refractivity contribution in [1.29, 1.82) is 0 Å². The average molecular weight is 367 g/mol. The van der Waals surface area contributed by atoms with E-state index in [0.29, 0.717) is 30.3 Å². The Morgan fingerprint density at radius 3 is 2.52 bits per heavy atom. The van der Waals surface area contributed by atoms with E-state index in [1.165, 1.54) is 0 Å². The van der Waals surface area contributed by atoms with Gasteiger partial charge in [0.2, 0.25) is 5.88 Å². The van der Waals surface area contributed by atoms with Crippen LogP contribution in [0.1, 0.15) is 32.9 Å². The summed E-state index contributed by atoms with van der Waals surface area (Å²) < 4.78 is 15.9. The number of aryl methyl sites for hydroxylation is 2. The SMILES string of the molecule is COc1ccc(CNC(=O)c2ccc(OCc3c(C)noc3C)cc2)cn1. The summed E-state index contributed by atoms with van der Waals surface area (Å²) in [5.74, 6) is 1.79. The number of benzene rings is 1. The minimum absolute atomic E-state index is 0.164. The van der Waals surface area contributed by atoms with Gasteiger partial charge in [0.15, 0.2) is 0 Å². The van der Waals surface area contributed by atoms with E-state index >= 15 is 0 Å². The van der Waals surface area contributed by atoms with Gasteiger partial charge in [0, 0.05) is 24.4 Å². The van der Waals surface area contributed by atoms with Crippen LogP contribution in [0.15, 0.2) is 47.1 Å². The number of amides is 1. The highest BCUT2D eigenvalue weighted by molar-refractivity contribution is 5.94. The summed E-state index contributed by atoms with van der Waals surface area (Å²) >= 11 is 0. The predicted octanol–water partition coefficient (Wildman–Crippen LogP) is 3.20. The van der Waals surface area contributed by atoms with Gasteiger partial charge in [-0.05, 0) is 43.7 Å². The minimum Gasteiger partial charge on any atom is -0.489 e. The molecule has 0 saturated carbocycles. The molecule has 0 radical (unpaired) electrons. The second kappa shape index (κ2) is 8.35. The monoisotopic (exact) mass is 367 g/mol. The molecule has 3 aromatic rings. The van der Waals surface area contributed by atoms with Crippen LogP contribution in [0.3, 0.4) is 0 Å². The standard InChI is InChI=1S/C20H21N3O4/c1-13-18(14(2)27-23-13)12-26-17-7-5-16(6-8-17)20(24)22-11-15-4-9-19(25-3)21-10-15/h4-10H,11-12H2,1-3H3,(H,22,24). The molecule has 3 rings (SSSR count). The first-order valence-electron chi connectivity index (χ1n) is 8.48. The van der Waals surface area contributed by atoms with Crippen LogP contribution < -0.4 is 14.8 Å². The van der Waals surface area contributed by atoms with E-state index in [0.717, 1.165) is 22.6 Å². The van der Waals surface area contributed by atoms with Gasteiger partial charge in [-0.2, -0.15) is 0 Å². The normalized spacial score (nSPS) is 10.5. The Balaban J connectivity index is 1.53. The van der Waals surface area contributed by atoms with Crippen LogP contribution >= 0.6 is 0 Å². The van der Waals surface area contributed by atoms with E-state index in [1.54, 1.807) is 43.6 Å². The first-order chi connectivity index (χ1) is 13.1. The van der Waals surface area contributed by atoms with Gasteiger partial charge >= 0.3 is 0 Å². The molecular weight excluding hydrogens is 346 g/mol. The largest absolute Gasteiger partial charge is 0.489 e. The fraction of sp³-hybridized carbons (Fsp3) is 0.250. The highest BCUT2D eigenvalue weighted by Crippen LogP contribution is 2.18. The lowest BCUT2D eigenvalue weighted by Gasteiger charge is -2.08. The molecule has 1 N–H and O–H groups in total. The first-order valence-corrected chi connectivity index (χ1v) is 8.48. The van der Waals surface area contributed by atoms with Crippen molar-refractivity contribution in [1.82, 2.24) is 15.5 Å². The summed E-state index contributed by atoms with van der Waals surface area (Å²) in [6.07, 6.45) is 1.67. The molecule has 2 heterocycles. The van der Waals surface area contributed by atoms with Crippen molar-refractivity contribution in [3.63, 3.8) is 0 Å². The summed E-state index contributed by atoms with van der Waals surface area (Å²) in [6.45, 7) is 4.49. The fourth-order valence-corrected chi connectivity index (χ4v) is 2.49. The third-order valence-electron chi connectivity index (χ3n) is 4.14. The maximum Gasteiger partial charge on any atom is 0.251 e. The Kier molecular flexibility index (Phi) is 5.71. The average Bonchev–Trinajstić information content (AvgIpc) is 3.03. The number of ether oxygens (including phenoxy) is 2. The Morgan fingerprint density at radius 2 is 1.93 bits per heavy atom. The van der Waals surface area contributed by atoms with E-state index in [4.69, 9.17) is 14.0 Å². The van der Waals surface area contributed by atoms with Crippen molar-refractivity contribution < 1.29 is 18.8 Å². The van der Waals surface area contributed by atoms with E-state index in [2.05, 4.69) is 15.5 Å². The summed E-state index contributed by atoms with van der Waals surface area (Å²) in [5, 5.41) is 6.76. The Hall–Kier alpha value is -3.35. The lowest BCUT2D eigenvalue weighted by atomic mass is 10.2. The van der Waals surface area contributed by atoms with Crippen LogP contribution in [-0.4, -0.2) is 23.2 Å². The molecule has 0 bridgehead atoms. The number of rotatable bonds is 7. The molecule has 2 aromatic heterocycles. The summed E-state index contributed by atoms with van der Waals surface area (Å²) in [6, 6.07) is 10.6. The quantitative estimate of drug-likeness (QED) is 0.690. The van der Waals surface area contributed by atoms with E-state index in [1.807, 2.05) is 19.9 Å². The summed E-state index contributed by atoms with van der Waals surface area (Å²) in [5.41, 5.74) is 3.20. The van der Waals surface area contributed by atoms with Crippen LogP contribution in [0.4, 0.5) is 0 Å². The van der Waals surface area contributed by atoms with E-state index < -0.39 is 0 Å². The van der Waals surface area contributed by atoms with Gasteiger partial charge in [0.05, 0.1) is 18.4 Å². The lowest BCUT2D eigenvalue weighted by molar-refractivity contribution is 0.0951. The molecule has 0 aliphatic rings. The number of pyridine rings is 1. The van der Waals surface area contributed by atoms with Crippen LogP contribution in [0.2, 0.25) is 0 Å². The molecule has 1 aromatic carbocycles. The number of methoxy groups -OCH3 is 1. The molecule has 0 aliphatic carbocycles. The van der Waals surface area contributed by atoms with Crippen LogP contribution in [0, 0.1) is 13.8 Å². The third-order valence-corrected chi connectivity index (χ3v) is 4.14. The van der Waals surface area contributed by atoms with Crippen molar-refractivity contribution in [2.45, 2.75) is 27.0 Å². The third kappa shape index (κ3) is 4.63. The first kappa shape index (κ1) is 18.4. The molecular formula is C20H21N3O4. The molecule has 0 fully saturated rings. The molecule has 0 atom stereocenters. The topological polar surface area (TPSA) is 86.5 Å². The van der Waals surface area contributed by atoms with Gasteiger partial charge < -0.3 is 19.3 Å². The number of carbonyl (C=O) groups is 1. The Bertz CT molecular complexity index is 882. The van der Waals surface area contributed by atoms with Crippen molar-refractivity contribution >= 4 is 5.91 Å². The maximum absolute atomic E-state index is 12.3. The summed E-state index contributed by atoms with van der Waals surface area (Å²) in [7, 11) is 1.56. The number of carbonyl (C=O) groups excluding carboxylic acids is 1.